The topological polar surface area (TPSA) is 37.4 Å². The number of carbonyl (C=O) groups excluding carboxylic acids is 2. The molecular weight excluding hydrogens is 310 g/mol. The molecule has 134 valence electrons. The van der Waals surface area contributed by atoms with Gasteiger partial charge in [0.2, 0.25) is 0 Å². The molecule has 1 heterocycles. The number of imide groups is 1. The summed E-state index contributed by atoms with van der Waals surface area (Å²) in [5, 5.41) is 0. The van der Waals surface area contributed by atoms with Crippen molar-refractivity contribution in [1.82, 2.24) is 4.90 Å². The van der Waals surface area contributed by atoms with Crippen LogP contribution in [0.5, 0.6) is 0 Å². The predicted molar refractivity (Wildman–Crippen MR) is 100 cm³/mol. The molecule has 0 saturated heterocycles. The van der Waals surface area contributed by atoms with Gasteiger partial charge in [0.05, 0.1) is 6.04 Å². The highest BCUT2D eigenvalue weighted by atomic mass is 16.2. The van der Waals surface area contributed by atoms with E-state index in [0.29, 0.717) is 17.8 Å². The highest BCUT2D eigenvalue weighted by Gasteiger charge is 2.55. The van der Waals surface area contributed by atoms with Crippen molar-refractivity contribution in [2.75, 3.05) is 0 Å². The lowest BCUT2D eigenvalue weighted by Crippen LogP contribution is -2.47. The van der Waals surface area contributed by atoms with Gasteiger partial charge < -0.3 is 0 Å². The lowest BCUT2D eigenvalue weighted by atomic mass is 9.64. The molecule has 1 aliphatic carbocycles. The third-order valence-corrected chi connectivity index (χ3v) is 6.39. The highest BCUT2D eigenvalue weighted by Crippen LogP contribution is 2.58. The smallest absolute Gasteiger partial charge is 0.254 e. The molecule has 1 aliphatic heterocycles. The van der Waals surface area contributed by atoms with Gasteiger partial charge in [-0.2, -0.15) is 0 Å². The molecule has 1 aromatic carbocycles. The summed E-state index contributed by atoms with van der Waals surface area (Å²) in [6, 6.07) is 6.46. The van der Waals surface area contributed by atoms with E-state index in [9.17, 15) is 9.59 Å². The number of rotatable bonds is 4. The highest BCUT2D eigenvalue weighted by molar-refractivity contribution is 6.13. The largest absolute Gasteiger partial charge is 0.269 e. The molecular formula is C22H29NO2. The lowest BCUT2D eigenvalue weighted by Gasteiger charge is -2.46. The second-order valence-corrected chi connectivity index (χ2v) is 8.49. The zero-order valence-corrected chi connectivity index (χ0v) is 16.2. The standard InChI is InChI=1S/C22H29NO2/c1-13(2)16-7-8-17-12-22(14(3)4,15(5)6)21(18(17)11-16)23-19(24)9-10-20(23)25/h7-11,13-15,21H,12H2,1-6H3/t21-/m1/s1. The molecule has 2 aliphatic rings. The molecule has 0 spiro atoms. The molecule has 1 atom stereocenters. The number of hydrogen-bond acceptors (Lipinski definition) is 2. The van der Waals surface area contributed by atoms with E-state index in [-0.39, 0.29) is 23.3 Å². The van der Waals surface area contributed by atoms with Crippen LogP contribution in [0.15, 0.2) is 30.4 Å². The Morgan fingerprint density at radius 2 is 1.52 bits per heavy atom. The van der Waals surface area contributed by atoms with Gasteiger partial charge in [-0.15, -0.1) is 0 Å². The van der Waals surface area contributed by atoms with Gasteiger partial charge in [0.1, 0.15) is 0 Å². The first kappa shape index (κ1) is 17.9. The third-order valence-electron chi connectivity index (χ3n) is 6.39. The Kier molecular flexibility index (Phi) is 4.38. The van der Waals surface area contributed by atoms with Gasteiger partial charge in [-0.25, -0.2) is 0 Å². The summed E-state index contributed by atoms with van der Waals surface area (Å²) < 4.78 is 0. The first-order valence-electron chi connectivity index (χ1n) is 9.38. The number of nitrogens with zero attached hydrogens (tertiary/aromatic N) is 1. The Morgan fingerprint density at radius 3 is 2.00 bits per heavy atom. The normalized spacial score (nSPS) is 22.0. The molecule has 25 heavy (non-hydrogen) atoms. The maximum Gasteiger partial charge on any atom is 0.254 e. The molecule has 0 aromatic heterocycles. The van der Waals surface area contributed by atoms with Crippen LogP contribution in [0.25, 0.3) is 0 Å². The van der Waals surface area contributed by atoms with Gasteiger partial charge in [-0.05, 0) is 40.9 Å². The minimum atomic E-state index is -0.184. The Morgan fingerprint density at radius 1 is 0.960 bits per heavy atom. The molecule has 0 unspecified atom stereocenters. The van der Waals surface area contributed by atoms with E-state index in [0.717, 1.165) is 6.42 Å². The van der Waals surface area contributed by atoms with Crippen LogP contribution < -0.4 is 0 Å². The first-order chi connectivity index (χ1) is 11.7. The fourth-order valence-corrected chi connectivity index (χ4v) is 4.86. The third kappa shape index (κ3) is 2.56. The fourth-order valence-electron chi connectivity index (χ4n) is 4.86. The van der Waals surface area contributed by atoms with Crippen LogP contribution in [0.3, 0.4) is 0 Å². The molecule has 3 nitrogen and oxygen atoms in total. The maximum atomic E-state index is 12.6. The van der Waals surface area contributed by atoms with Crippen molar-refractivity contribution in [2.24, 2.45) is 17.3 Å². The minimum Gasteiger partial charge on any atom is -0.269 e. The molecule has 0 bridgehead atoms. The van der Waals surface area contributed by atoms with Crippen molar-refractivity contribution in [1.29, 1.82) is 0 Å². The summed E-state index contributed by atoms with van der Waals surface area (Å²) in [5.74, 6) is 0.774. The monoisotopic (exact) mass is 339 g/mol. The summed E-state index contributed by atoms with van der Waals surface area (Å²) in [4.78, 5) is 26.6. The average Bonchev–Trinajstić information content (AvgIpc) is 3.04. The van der Waals surface area contributed by atoms with Crippen molar-refractivity contribution >= 4 is 11.8 Å². The van der Waals surface area contributed by atoms with Crippen molar-refractivity contribution in [3.63, 3.8) is 0 Å². The van der Waals surface area contributed by atoms with Crippen LogP contribution in [0.4, 0.5) is 0 Å². The van der Waals surface area contributed by atoms with E-state index >= 15 is 0 Å². The van der Waals surface area contributed by atoms with Crippen LogP contribution >= 0.6 is 0 Å². The van der Waals surface area contributed by atoms with E-state index in [1.807, 2.05) is 0 Å². The number of hydrogen-bond donors (Lipinski definition) is 0. The van der Waals surface area contributed by atoms with Gasteiger partial charge >= 0.3 is 0 Å². The predicted octanol–water partition coefficient (Wildman–Crippen LogP) is 4.63. The summed E-state index contributed by atoms with van der Waals surface area (Å²) in [6.45, 7) is 13.2. The zero-order valence-electron chi connectivity index (χ0n) is 16.2. The van der Waals surface area contributed by atoms with Crippen LogP contribution in [0.2, 0.25) is 0 Å². The van der Waals surface area contributed by atoms with E-state index in [2.05, 4.69) is 59.7 Å². The van der Waals surface area contributed by atoms with Crippen molar-refractivity contribution in [3.8, 4) is 0 Å². The first-order valence-corrected chi connectivity index (χ1v) is 9.38. The molecule has 0 fully saturated rings. The number of amides is 2. The summed E-state index contributed by atoms with van der Waals surface area (Å²) in [7, 11) is 0. The van der Waals surface area contributed by atoms with Gasteiger partial charge in [0.15, 0.2) is 0 Å². The SMILES string of the molecule is CC(C)c1ccc2c(c1)[C@@H](N1C(=O)C=CC1=O)C(C(C)C)(C(C)C)C2. The van der Waals surface area contributed by atoms with Crippen LogP contribution in [-0.4, -0.2) is 16.7 Å². The molecule has 1 aromatic rings. The van der Waals surface area contributed by atoms with Gasteiger partial charge in [0.25, 0.3) is 11.8 Å². The average molecular weight is 339 g/mol. The van der Waals surface area contributed by atoms with E-state index < -0.39 is 0 Å². The summed E-state index contributed by atoms with van der Waals surface area (Å²) in [6.07, 6.45) is 3.74. The van der Waals surface area contributed by atoms with Crippen molar-refractivity contribution in [3.05, 3.63) is 47.0 Å². The van der Waals surface area contributed by atoms with Crippen LogP contribution in [-0.2, 0) is 16.0 Å². The molecule has 3 heteroatoms. The van der Waals surface area contributed by atoms with Crippen LogP contribution in [0.1, 0.15) is 70.2 Å². The Hall–Kier alpha value is -1.90. The maximum absolute atomic E-state index is 12.6. The fraction of sp³-hybridized carbons (Fsp3) is 0.545. The van der Waals surface area contributed by atoms with E-state index in [4.69, 9.17) is 0 Å². The Bertz CT molecular complexity index is 716. The quantitative estimate of drug-likeness (QED) is 0.750. The van der Waals surface area contributed by atoms with Crippen molar-refractivity contribution in [2.45, 2.75) is 59.9 Å². The molecule has 3 rings (SSSR count). The van der Waals surface area contributed by atoms with Crippen molar-refractivity contribution < 1.29 is 9.59 Å². The zero-order chi connectivity index (χ0) is 18.5. The van der Waals surface area contributed by atoms with Gasteiger partial charge in [-0.3, -0.25) is 14.5 Å². The Balaban J connectivity index is 2.22. The van der Waals surface area contributed by atoms with E-state index in [1.54, 1.807) is 0 Å². The van der Waals surface area contributed by atoms with Crippen LogP contribution in [0, 0.1) is 17.3 Å². The van der Waals surface area contributed by atoms with Gasteiger partial charge in [-0.1, -0.05) is 59.7 Å². The molecule has 0 saturated carbocycles. The molecule has 0 N–H and O–H groups in total. The van der Waals surface area contributed by atoms with Gasteiger partial charge in [0, 0.05) is 17.6 Å². The minimum absolute atomic E-state index is 0.130. The molecule has 0 radical (unpaired) electrons. The summed E-state index contributed by atoms with van der Waals surface area (Å²) in [5.41, 5.74) is 3.58. The second-order valence-electron chi connectivity index (χ2n) is 8.49. The second kappa shape index (κ2) is 6.12. The number of fused-ring (bicyclic) bond motifs is 1. The summed E-state index contributed by atoms with van der Waals surface area (Å²) >= 11 is 0. The number of carbonyl (C=O) groups is 2. The van der Waals surface area contributed by atoms with E-state index in [1.165, 1.54) is 33.7 Å². The lowest BCUT2D eigenvalue weighted by molar-refractivity contribution is -0.145. The Labute approximate surface area is 151 Å². The molecule has 2 amide bonds. The number of benzene rings is 1.